The fourth-order valence-corrected chi connectivity index (χ4v) is 4.94. The fraction of sp³-hybridized carbons (Fsp3) is 0.444. The van der Waals surface area contributed by atoms with E-state index in [0.717, 1.165) is 17.3 Å². The molecule has 0 bridgehead atoms. The van der Waals surface area contributed by atoms with E-state index in [0.29, 0.717) is 12.1 Å². The average molecular weight is 555 g/mol. The van der Waals surface area contributed by atoms with Crippen molar-refractivity contribution in [3.8, 4) is 11.3 Å². The van der Waals surface area contributed by atoms with E-state index < -0.39 is 59.5 Å². The third-order valence-corrected chi connectivity index (χ3v) is 7.22. The Kier molecular flexibility index (Phi) is 10.5. The van der Waals surface area contributed by atoms with Crippen LogP contribution < -0.4 is 10.6 Å². The van der Waals surface area contributed by atoms with Gasteiger partial charge in [-0.05, 0) is 45.2 Å². The average Bonchev–Trinajstić information content (AvgIpc) is 2.90. The SMILES string of the molecule is CC(C)C[C@H](NC(=O)[C@@H](NC(=O)c1cccc(-c2ccccc2)n1)[C@@H](C)O)B1OC(=O)[C@H](C)S[C@H](C)C(=O)O1. The summed E-state index contributed by atoms with van der Waals surface area (Å²) in [5.41, 5.74) is 1.46. The molecule has 10 nitrogen and oxygen atoms in total. The largest absolute Gasteiger partial charge is 0.622 e. The van der Waals surface area contributed by atoms with Gasteiger partial charge in [0.15, 0.2) is 0 Å². The van der Waals surface area contributed by atoms with Gasteiger partial charge in [0.1, 0.15) is 11.7 Å². The number of hydrogen-bond acceptors (Lipinski definition) is 9. The molecule has 1 aromatic heterocycles. The van der Waals surface area contributed by atoms with Crippen LogP contribution >= 0.6 is 11.8 Å². The molecule has 2 amide bonds. The van der Waals surface area contributed by atoms with Crippen LogP contribution in [0.15, 0.2) is 48.5 Å². The second-order valence-corrected chi connectivity index (χ2v) is 11.6. The molecule has 5 atom stereocenters. The number of hydrogen-bond donors (Lipinski definition) is 3. The van der Waals surface area contributed by atoms with Gasteiger partial charge in [-0.15, -0.1) is 11.8 Å². The normalized spacial score (nSPS) is 20.1. The fourth-order valence-electron chi connectivity index (χ4n) is 4.00. The Hall–Kier alpha value is -3.38. The molecule has 1 fully saturated rings. The van der Waals surface area contributed by atoms with Crippen LogP contribution in [0.25, 0.3) is 11.3 Å². The van der Waals surface area contributed by atoms with Gasteiger partial charge < -0.3 is 25.0 Å². The van der Waals surface area contributed by atoms with Crippen LogP contribution in [0.3, 0.4) is 0 Å². The molecule has 2 aromatic rings. The zero-order valence-corrected chi connectivity index (χ0v) is 23.4. The Labute approximate surface area is 232 Å². The van der Waals surface area contributed by atoms with Crippen molar-refractivity contribution < 1.29 is 33.6 Å². The Bertz CT molecular complexity index is 1160. The first-order valence-electron chi connectivity index (χ1n) is 12.8. The summed E-state index contributed by atoms with van der Waals surface area (Å²) in [7, 11) is -1.36. The summed E-state index contributed by atoms with van der Waals surface area (Å²) < 4.78 is 10.9. The number of nitrogens with zero attached hydrogens (tertiary/aromatic N) is 1. The van der Waals surface area contributed by atoms with E-state index in [4.69, 9.17) is 9.31 Å². The second-order valence-electron chi connectivity index (χ2n) is 9.87. The van der Waals surface area contributed by atoms with Crippen LogP contribution in [0.4, 0.5) is 0 Å². The van der Waals surface area contributed by atoms with Gasteiger partial charge in [0.2, 0.25) is 5.91 Å². The standard InChI is InChI=1S/C27H34BN3O7S/c1-15(2)14-22(28-37-26(35)17(4)39-18(5)27(36)38-28)30-25(34)23(16(3)32)31-24(33)21-13-9-12-20(29-21)19-10-7-6-8-11-19/h6-13,15-18,22-23,32H,14H2,1-5H3,(H,30,34)(H,31,33)/t16-,17-,18+,22+,23+/m1/s1. The number of thioether (sulfide) groups is 1. The second kappa shape index (κ2) is 13.6. The number of aromatic nitrogens is 1. The minimum Gasteiger partial charge on any atom is -0.497 e. The van der Waals surface area contributed by atoms with Crippen LogP contribution in [0.2, 0.25) is 0 Å². The third kappa shape index (κ3) is 8.30. The first kappa shape index (κ1) is 30.2. The van der Waals surface area contributed by atoms with Gasteiger partial charge in [0.05, 0.1) is 28.2 Å². The minimum absolute atomic E-state index is 0.0203. The number of nitrogens with one attached hydrogen (secondary N) is 2. The van der Waals surface area contributed by atoms with E-state index in [2.05, 4.69) is 15.6 Å². The van der Waals surface area contributed by atoms with Gasteiger partial charge in [0, 0.05) is 5.56 Å². The van der Waals surface area contributed by atoms with Crippen LogP contribution in [-0.4, -0.2) is 69.5 Å². The van der Waals surface area contributed by atoms with Gasteiger partial charge in [-0.1, -0.05) is 50.2 Å². The van der Waals surface area contributed by atoms with E-state index in [9.17, 15) is 24.3 Å². The predicted octanol–water partition coefficient (Wildman–Crippen LogP) is 2.40. The summed E-state index contributed by atoms with van der Waals surface area (Å²) in [6.45, 7) is 8.43. The Morgan fingerprint density at radius 1 is 0.974 bits per heavy atom. The van der Waals surface area contributed by atoms with Crippen LogP contribution in [-0.2, 0) is 23.7 Å². The van der Waals surface area contributed by atoms with Crippen molar-refractivity contribution in [1.29, 1.82) is 0 Å². The smallest absolute Gasteiger partial charge is 0.497 e. The molecule has 208 valence electrons. The van der Waals surface area contributed by atoms with Crippen molar-refractivity contribution in [3.63, 3.8) is 0 Å². The number of rotatable bonds is 9. The number of benzene rings is 1. The number of pyridine rings is 1. The van der Waals surface area contributed by atoms with Gasteiger partial charge >= 0.3 is 19.1 Å². The number of amides is 2. The first-order chi connectivity index (χ1) is 18.5. The van der Waals surface area contributed by atoms with Crippen LogP contribution in [0.1, 0.15) is 51.5 Å². The van der Waals surface area contributed by atoms with E-state index in [1.807, 2.05) is 44.2 Å². The summed E-state index contributed by atoms with van der Waals surface area (Å²) in [5, 5.41) is 14.4. The zero-order chi connectivity index (χ0) is 28.7. The first-order valence-corrected chi connectivity index (χ1v) is 13.8. The Morgan fingerprint density at radius 3 is 2.15 bits per heavy atom. The van der Waals surface area contributed by atoms with E-state index in [1.54, 1.807) is 26.0 Å². The van der Waals surface area contributed by atoms with Crippen molar-refractivity contribution in [2.75, 3.05) is 0 Å². The summed E-state index contributed by atoms with van der Waals surface area (Å²) in [4.78, 5) is 55.8. The highest BCUT2D eigenvalue weighted by Gasteiger charge is 2.44. The molecular weight excluding hydrogens is 521 g/mol. The molecule has 1 aromatic carbocycles. The molecule has 12 heteroatoms. The summed E-state index contributed by atoms with van der Waals surface area (Å²) in [6, 6.07) is 12.9. The van der Waals surface area contributed by atoms with E-state index >= 15 is 0 Å². The van der Waals surface area contributed by atoms with Gasteiger partial charge in [-0.25, -0.2) is 4.98 Å². The lowest BCUT2D eigenvalue weighted by Gasteiger charge is -2.30. The molecule has 0 aliphatic carbocycles. The van der Waals surface area contributed by atoms with Crippen molar-refractivity contribution in [2.45, 2.75) is 69.6 Å². The Morgan fingerprint density at radius 2 is 1.59 bits per heavy atom. The summed E-state index contributed by atoms with van der Waals surface area (Å²) in [5.74, 6) is -3.42. The zero-order valence-electron chi connectivity index (χ0n) is 22.6. The van der Waals surface area contributed by atoms with E-state index in [1.165, 1.54) is 13.0 Å². The monoisotopic (exact) mass is 555 g/mol. The van der Waals surface area contributed by atoms with Crippen LogP contribution in [0.5, 0.6) is 0 Å². The van der Waals surface area contributed by atoms with Gasteiger partial charge in [0.25, 0.3) is 5.91 Å². The highest BCUT2D eigenvalue weighted by Crippen LogP contribution is 2.24. The van der Waals surface area contributed by atoms with Gasteiger partial charge in [-0.3, -0.25) is 19.2 Å². The summed E-state index contributed by atoms with van der Waals surface area (Å²) >= 11 is 1.12. The molecule has 0 radical (unpaired) electrons. The number of aliphatic hydroxyl groups is 1. The van der Waals surface area contributed by atoms with E-state index in [-0.39, 0.29) is 11.6 Å². The highest BCUT2D eigenvalue weighted by atomic mass is 32.2. The Balaban J connectivity index is 1.79. The molecule has 1 aliphatic heterocycles. The molecule has 3 rings (SSSR count). The molecule has 0 spiro atoms. The number of carbonyl (C=O) groups is 4. The lowest BCUT2D eigenvalue weighted by molar-refractivity contribution is -0.141. The molecule has 39 heavy (non-hydrogen) atoms. The number of aliphatic hydroxyl groups excluding tert-OH is 1. The van der Waals surface area contributed by atoms with Crippen molar-refractivity contribution in [1.82, 2.24) is 15.6 Å². The molecule has 1 aliphatic rings. The van der Waals surface area contributed by atoms with Crippen LogP contribution in [0, 0.1) is 5.92 Å². The highest BCUT2D eigenvalue weighted by molar-refractivity contribution is 8.01. The molecule has 0 saturated carbocycles. The van der Waals surface area contributed by atoms with Gasteiger partial charge in [-0.2, -0.15) is 0 Å². The molecular formula is C27H34BN3O7S. The maximum Gasteiger partial charge on any atom is 0.622 e. The topological polar surface area (TPSA) is 144 Å². The molecule has 3 N–H and O–H groups in total. The van der Waals surface area contributed by atoms with Crippen molar-refractivity contribution in [3.05, 3.63) is 54.2 Å². The maximum absolute atomic E-state index is 13.3. The third-order valence-electron chi connectivity index (χ3n) is 6.02. The van der Waals surface area contributed by atoms with Crippen molar-refractivity contribution in [2.24, 2.45) is 5.92 Å². The summed E-state index contributed by atoms with van der Waals surface area (Å²) in [6.07, 6.45) is -0.974. The maximum atomic E-state index is 13.3. The molecule has 1 saturated heterocycles. The molecule has 2 heterocycles. The quantitative estimate of drug-likeness (QED) is 0.398. The van der Waals surface area contributed by atoms with Crippen molar-refractivity contribution >= 4 is 42.6 Å². The predicted molar refractivity (Wildman–Crippen MR) is 148 cm³/mol. The number of carbonyl (C=O) groups excluding carboxylic acids is 4. The lowest BCUT2D eigenvalue weighted by Crippen LogP contribution is -2.59. The minimum atomic E-state index is -1.36. The molecule has 0 unspecified atom stereocenters. The lowest BCUT2D eigenvalue weighted by atomic mass is 9.73.